The zero-order valence-electron chi connectivity index (χ0n) is 20.8. The third-order valence-corrected chi connectivity index (χ3v) is 7.07. The third kappa shape index (κ3) is 5.24. The predicted octanol–water partition coefficient (Wildman–Crippen LogP) is 2.33. The van der Waals surface area contributed by atoms with E-state index < -0.39 is 5.95 Å². The van der Waals surface area contributed by atoms with Crippen LogP contribution in [0.3, 0.4) is 0 Å². The van der Waals surface area contributed by atoms with E-state index in [0.29, 0.717) is 37.7 Å². The van der Waals surface area contributed by atoms with Crippen molar-refractivity contribution in [3.63, 3.8) is 0 Å². The van der Waals surface area contributed by atoms with Crippen molar-refractivity contribution in [3.8, 4) is 0 Å². The molecule has 5 rings (SSSR count). The van der Waals surface area contributed by atoms with Gasteiger partial charge in [-0.25, -0.2) is 9.99 Å². The molecule has 2 fully saturated rings. The molecule has 1 amide bonds. The highest BCUT2D eigenvalue weighted by molar-refractivity contribution is 5.92. The van der Waals surface area contributed by atoms with Crippen LogP contribution in [-0.4, -0.2) is 70.0 Å². The molecule has 3 aromatic rings. The second kappa shape index (κ2) is 10.3. The number of nitrogens with zero attached hydrogens (tertiary/aromatic N) is 5. The Balaban J connectivity index is 1.18. The Hall–Kier alpha value is -3.37. The van der Waals surface area contributed by atoms with E-state index in [1.54, 1.807) is 12.1 Å². The Morgan fingerprint density at radius 2 is 2.00 bits per heavy atom. The third-order valence-electron chi connectivity index (χ3n) is 7.07. The fourth-order valence-corrected chi connectivity index (χ4v) is 4.95. The summed E-state index contributed by atoms with van der Waals surface area (Å²) in [6, 6.07) is 7.06. The molecule has 0 radical (unpaired) electrons. The van der Waals surface area contributed by atoms with Crippen LogP contribution in [0, 0.1) is 11.9 Å². The molecule has 0 bridgehead atoms. The summed E-state index contributed by atoms with van der Waals surface area (Å²) in [7, 11) is 0. The number of hydrogen-bond donors (Lipinski definition) is 2. The lowest BCUT2D eigenvalue weighted by Gasteiger charge is -2.36. The monoisotopic (exact) mass is 493 g/mol. The zero-order valence-corrected chi connectivity index (χ0v) is 20.8. The maximum Gasteiger partial charge on any atom is 0.284 e. The van der Waals surface area contributed by atoms with Gasteiger partial charge in [0.1, 0.15) is 5.69 Å². The van der Waals surface area contributed by atoms with Crippen LogP contribution in [0.2, 0.25) is 0 Å². The van der Waals surface area contributed by atoms with Crippen LogP contribution in [0.15, 0.2) is 35.3 Å². The molecule has 0 spiro atoms. The van der Waals surface area contributed by atoms with E-state index in [2.05, 4.69) is 32.2 Å². The van der Waals surface area contributed by atoms with Crippen molar-refractivity contribution >= 4 is 22.6 Å². The molecule has 36 heavy (non-hydrogen) atoms. The highest BCUT2D eigenvalue weighted by Crippen LogP contribution is 2.21. The minimum atomic E-state index is -0.625. The van der Waals surface area contributed by atoms with Crippen LogP contribution in [0.5, 0.6) is 0 Å². The summed E-state index contributed by atoms with van der Waals surface area (Å²) >= 11 is 0. The molecule has 2 aliphatic rings. The maximum absolute atomic E-state index is 14.9. The van der Waals surface area contributed by atoms with Gasteiger partial charge < -0.3 is 9.88 Å². The van der Waals surface area contributed by atoms with E-state index >= 15 is 0 Å². The topological polar surface area (TPSA) is 97.5 Å². The van der Waals surface area contributed by atoms with Gasteiger partial charge in [0.15, 0.2) is 0 Å². The van der Waals surface area contributed by atoms with Gasteiger partial charge in [0.25, 0.3) is 11.5 Å². The number of hydrogen-bond acceptors (Lipinski definition) is 7. The van der Waals surface area contributed by atoms with Crippen molar-refractivity contribution in [2.45, 2.75) is 33.2 Å². The number of piperazine rings is 1. The summed E-state index contributed by atoms with van der Waals surface area (Å²) in [6.45, 7) is 9.17. The highest BCUT2D eigenvalue weighted by Gasteiger charge is 2.24. The van der Waals surface area contributed by atoms with Crippen molar-refractivity contribution in [2.24, 2.45) is 5.92 Å². The predicted molar refractivity (Wildman–Crippen MR) is 136 cm³/mol. The van der Waals surface area contributed by atoms with Gasteiger partial charge in [-0.1, -0.05) is 13.8 Å². The molecule has 190 valence electrons. The van der Waals surface area contributed by atoms with Crippen LogP contribution in [0.1, 0.15) is 41.9 Å². The Morgan fingerprint density at radius 1 is 1.19 bits per heavy atom. The van der Waals surface area contributed by atoms with Crippen LogP contribution >= 0.6 is 0 Å². The van der Waals surface area contributed by atoms with Crippen molar-refractivity contribution < 1.29 is 9.18 Å². The maximum atomic E-state index is 14.9. The molecule has 0 aromatic carbocycles. The number of pyridine rings is 3. The molecule has 5 heterocycles. The number of fused-ring (bicyclic) bond motifs is 1. The molecule has 10 heteroatoms. The fraction of sp³-hybridized carbons (Fsp3) is 0.462. The average Bonchev–Trinajstić information content (AvgIpc) is 3.28. The number of amides is 1. The number of aryl methyl sites for hydroxylation is 1. The quantitative estimate of drug-likeness (QED) is 0.509. The van der Waals surface area contributed by atoms with E-state index in [-0.39, 0.29) is 17.2 Å². The van der Waals surface area contributed by atoms with E-state index in [1.807, 2.05) is 35.2 Å². The van der Waals surface area contributed by atoms with Gasteiger partial charge in [-0.15, -0.1) is 0 Å². The Bertz CT molecular complexity index is 1320. The second-order valence-corrected chi connectivity index (χ2v) is 9.80. The summed E-state index contributed by atoms with van der Waals surface area (Å²) in [5, 5.41) is 1.87. The molecule has 1 unspecified atom stereocenters. The standard InChI is InChI=1S/C26H32FN7O2/c1-3-19-13-21-22(30-25(19)35)12-18(14-28-21)16-32-8-10-33(11-9-32)23-5-4-20(29-24(23)27)26(36)31-34-7-6-17(2)15-34/h4-5,12-14,17H,3,6-11,15-16H2,1-2H3,(H,30,35)(H,31,36). The molecule has 9 nitrogen and oxygen atoms in total. The van der Waals surface area contributed by atoms with Gasteiger partial charge in [0.2, 0.25) is 5.95 Å². The molecule has 1 atom stereocenters. The van der Waals surface area contributed by atoms with Gasteiger partial charge in [0.05, 0.1) is 16.7 Å². The highest BCUT2D eigenvalue weighted by atomic mass is 19.1. The van der Waals surface area contributed by atoms with Crippen LogP contribution < -0.4 is 15.9 Å². The minimum Gasteiger partial charge on any atom is -0.365 e. The van der Waals surface area contributed by atoms with Crippen molar-refractivity contribution in [1.29, 1.82) is 0 Å². The molecule has 0 saturated carbocycles. The lowest BCUT2D eigenvalue weighted by Crippen LogP contribution is -2.46. The summed E-state index contributed by atoms with van der Waals surface area (Å²) in [5.74, 6) is -0.470. The first-order valence-corrected chi connectivity index (χ1v) is 12.6. The lowest BCUT2D eigenvalue weighted by molar-refractivity contribution is 0.0815. The fourth-order valence-electron chi connectivity index (χ4n) is 4.95. The SMILES string of the molecule is CCc1cc2ncc(CN3CCN(c4ccc(C(=O)NN5CCC(C)C5)nc4F)CC3)cc2[nH]c1=O. The average molecular weight is 494 g/mol. The van der Waals surface area contributed by atoms with Crippen LogP contribution in [0.4, 0.5) is 10.1 Å². The first-order valence-electron chi connectivity index (χ1n) is 12.6. The number of rotatable bonds is 6. The number of carbonyl (C=O) groups is 1. The number of aromatic nitrogens is 3. The van der Waals surface area contributed by atoms with Gasteiger partial charge in [-0.3, -0.25) is 24.9 Å². The molecule has 0 aliphatic carbocycles. The molecule has 2 saturated heterocycles. The zero-order chi connectivity index (χ0) is 25.2. The molecule has 3 aromatic heterocycles. The van der Waals surface area contributed by atoms with Gasteiger partial charge in [-0.05, 0) is 48.6 Å². The summed E-state index contributed by atoms with van der Waals surface area (Å²) in [5.41, 5.74) is 6.53. The first-order chi connectivity index (χ1) is 17.4. The number of hydrazine groups is 1. The normalized spacial score (nSPS) is 19.2. The number of anilines is 1. The Morgan fingerprint density at radius 3 is 2.69 bits per heavy atom. The Labute approximate surface area is 209 Å². The summed E-state index contributed by atoms with van der Waals surface area (Å²) < 4.78 is 14.9. The molecule has 2 N–H and O–H groups in total. The smallest absolute Gasteiger partial charge is 0.284 e. The molecular formula is C26H32FN7O2. The Kier molecular flexibility index (Phi) is 6.97. The van der Waals surface area contributed by atoms with Gasteiger partial charge in [0, 0.05) is 57.6 Å². The van der Waals surface area contributed by atoms with E-state index in [1.165, 1.54) is 0 Å². The van der Waals surface area contributed by atoms with Crippen LogP contribution in [0.25, 0.3) is 11.0 Å². The number of aromatic amines is 1. The van der Waals surface area contributed by atoms with E-state index in [0.717, 1.165) is 54.8 Å². The van der Waals surface area contributed by atoms with E-state index in [9.17, 15) is 14.0 Å². The minimum absolute atomic E-state index is 0.0673. The summed E-state index contributed by atoms with van der Waals surface area (Å²) in [6.07, 6.45) is 3.55. The number of H-pyrrole nitrogens is 1. The van der Waals surface area contributed by atoms with E-state index in [4.69, 9.17) is 0 Å². The largest absolute Gasteiger partial charge is 0.365 e. The van der Waals surface area contributed by atoms with Gasteiger partial charge in [-0.2, -0.15) is 4.39 Å². The van der Waals surface area contributed by atoms with Crippen molar-refractivity contribution in [3.05, 3.63) is 63.6 Å². The lowest BCUT2D eigenvalue weighted by atomic mass is 10.1. The van der Waals surface area contributed by atoms with Crippen LogP contribution in [-0.2, 0) is 13.0 Å². The number of nitrogens with one attached hydrogen (secondary N) is 2. The van der Waals surface area contributed by atoms with Crippen molar-refractivity contribution in [1.82, 2.24) is 30.3 Å². The second-order valence-electron chi connectivity index (χ2n) is 9.80. The molecular weight excluding hydrogens is 461 g/mol. The molecule has 2 aliphatic heterocycles. The number of carbonyl (C=O) groups excluding carboxylic acids is 1. The van der Waals surface area contributed by atoms with Gasteiger partial charge >= 0.3 is 0 Å². The first kappa shape index (κ1) is 24.3. The van der Waals surface area contributed by atoms with Crippen molar-refractivity contribution in [2.75, 3.05) is 44.2 Å². The summed E-state index contributed by atoms with van der Waals surface area (Å²) in [4.78, 5) is 40.3. The number of halogens is 1.